The topological polar surface area (TPSA) is 21.6 Å². The normalized spacial score (nSPS) is 11.0. The van der Waals surface area contributed by atoms with E-state index in [4.69, 9.17) is 4.74 Å². The molecule has 2 nitrogen and oxygen atoms in total. The third-order valence-electron chi connectivity index (χ3n) is 2.05. The van der Waals surface area contributed by atoms with Crippen molar-refractivity contribution in [1.29, 1.82) is 0 Å². The molecule has 0 saturated heterocycles. The summed E-state index contributed by atoms with van der Waals surface area (Å²) in [5, 5.41) is 0. The van der Waals surface area contributed by atoms with Crippen molar-refractivity contribution < 1.29 is 4.74 Å². The highest BCUT2D eigenvalue weighted by atomic mass is 16.5. The lowest BCUT2D eigenvalue weighted by molar-refractivity contribution is 0.139. The average molecular weight is 205 g/mol. The van der Waals surface area contributed by atoms with Gasteiger partial charge in [0.1, 0.15) is 0 Å². The Morgan fingerprint density at radius 1 is 1.20 bits per heavy atom. The number of ether oxygens (including phenoxy) is 1. The van der Waals surface area contributed by atoms with Crippen molar-refractivity contribution in [3.63, 3.8) is 0 Å². The highest BCUT2D eigenvalue weighted by molar-refractivity contribution is 5.79. The summed E-state index contributed by atoms with van der Waals surface area (Å²) in [5.74, 6) is 0. The number of hydrogen-bond acceptors (Lipinski definition) is 2. The molecule has 0 aliphatic heterocycles. The Morgan fingerprint density at radius 2 is 2.00 bits per heavy atom. The number of benzene rings is 1. The molecular weight excluding hydrogens is 186 g/mol. The Morgan fingerprint density at radius 3 is 2.73 bits per heavy atom. The molecule has 0 atom stereocenters. The molecule has 0 aliphatic carbocycles. The second-order valence-electron chi connectivity index (χ2n) is 3.41. The van der Waals surface area contributed by atoms with Gasteiger partial charge >= 0.3 is 0 Å². The Labute approximate surface area is 92.0 Å². The van der Waals surface area contributed by atoms with Crippen LogP contribution < -0.4 is 0 Å². The number of unbranched alkanes of at least 4 members (excludes halogenated alkanes) is 1. The quantitative estimate of drug-likeness (QED) is 0.495. The summed E-state index contributed by atoms with van der Waals surface area (Å²) in [4.78, 5) is 4.29. The molecule has 0 aliphatic rings. The zero-order valence-corrected chi connectivity index (χ0v) is 9.36. The molecule has 0 fully saturated rings. The van der Waals surface area contributed by atoms with E-state index in [0.29, 0.717) is 0 Å². The van der Waals surface area contributed by atoms with E-state index in [0.717, 1.165) is 31.7 Å². The fourth-order valence-corrected chi connectivity index (χ4v) is 1.17. The maximum atomic E-state index is 5.40. The van der Waals surface area contributed by atoms with Crippen LogP contribution in [0.2, 0.25) is 0 Å². The van der Waals surface area contributed by atoms with Crippen molar-refractivity contribution in [2.45, 2.75) is 19.8 Å². The van der Waals surface area contributed by atoms with Crippen LogP contribution in [-0.2, 0) is 4.74 Å². The third kappa shape index (κ3) is 6.02. The van der Waals surface area contributed by atoms with E-state index in [9.17, 15) is 0 Å². The first kappa shape index (κ1) is 11.9. The largest absolute Gasteiger partial charge is 0.380 e. The second-order valence-corrected chi connectivity index (χ2v) is 3.41. The molecule has 0 amide bonds. The number of nitrogens with zero attached hydrogens (tertiary/aromatic N) is 1. The molecule has 1 aromatic carbocycles. The maximum Gasteiger partial charge on any atom is 0.0661 e. The van der Waals surface area contributed by atoms with Crippen LogP contribution in [-0.4, -0.2) is 26.0 Å². The molecule has 2 heteroatoms. The van der Waals surface area contributed by atoms with Crippen LogP contribution >= 0.6 is 0 Å². The van der Waals surface area contributed by atoms with E-state index < -0.39 is 0 Å². The smallest absolute Gasteiger partial charge is 0.0661 e. The lowest BCUT2D eigenvalue weighted by Crippen LogP contribution is -1.99. The first-order valence-electron chi connectivity index (χ1n) is 5.56. The third-order valence-corrected chi connectivity index (χ3v) is 2.05. The van der Waals surface area contributed by atoms with E-state index in [1.54, 1.807) is 0 Å². The Hall–Kier alpha value is -1.15. The summed E-state index contributed by atoms with van der Waals surface area (Å²) in [6, 6.07) is 10.1. The average Bonchev–Trinajstić information content (AvgIpc) is 2.29. The minimum atomic E-state index is 0.726. The van der Waals surface area contributed by atoms with E-state index in [1.165, 1.54) is 6.42 Å². The van der Waals surface area contributed by atoms with E-state index in [2.05, 4.69) is 11.9 Å². The maximum absolute atomic E-state index is 5.40. The second kappa shape index (κ2) is 8.18. The molecule has 0 heterocycles. The van der Waals surface area contributed by atoms with Gasteiger partial charge in [-0.2, -0.15) is 0 Å². The molecule has 0 N–H and O–H groups in total. The number of rotatable bonds is 7. The summed E-state index contributed by atoms with van der Waals surface area (Å²) in [6.45, 7) is 4.50. The van der Waals surface area contributed by atoms with Crippen molar-refractivity contribution in [3.8, 4) is 0 Å². The van der Waals surface area contributed by atoms with Crippen LogP contribution in [0.25, 0.3) is 0 Å². The van der Waals surface area contributed by atoms with Gasteiger partial charge < -0.3 is 4.74 Å². The summed E-state index contributed by atoms with van der Waals surface area (Å²) >= 11 is 0. The summed E-state index contributed by atoms with van der Waals surface area (Å²) < 4.78 is 5.40. The Kier molecular flexibility index (Phi) is 6.50. The first-order valence-corrected chi connectivity index (χ1v) is 5.56. The van der Waals surface area contributed by atoms with Crippen molar-refractivity contribution in [3.05, 3.63) is 35.9 Å². The minimum absolute atomic E-state index is 0.726. The van der Waals surface area contributed by atoms with Crippen LogP contribution in [0.5, 0.6) is 0 Å². The molecule has 0 unspecified atom stereocenters. The van der Waals surface area contributed by atoms with Crippen molar-refractivity contribution in [2.24, 2.45) is 4.99 Å². The van der Waals surface area contributed by atoms with Gasteiger partial charge in [0.05, 0.1) is 13.2 Å². The van der Waals surface area contributed by atoms with Crippen LogP contribution in [0.4, 0.5) is 0 Å². The van der Waals surface area contributed by atoms with Gasteiger partial charge in [-0.25, -0.2) is 0 Å². The van der Waals surface area contributed by atoms with Gasteiger partial charge in [0, 0.05) is 12.8 Å². The molecule has 1 rings (SSSR count). The van der Waals surface area contributed by atoms with Gasteiger partial charge in [-0.1, -0.05) is 43.7 Å². The van der Waals surface area contributed by atoms with E-state index in [-0.39, 0.29) is 0 Å². The predicted octanol–water partition coefficient (Wildman–Crippen LogP) is 2.92. The van der Waals surface area contributed by atoms with Crippen LogP contribution in [0, 0.1) is 0 Å². The highest BCUT2D eigenvalue weighted by Crippen LogP contribution is 1.94. The highest BCUT2D eigenvalue weighted by Gasteiger charge is 1.86. The zero-order chi connectivity index (χ0) is 10.8. The Bertz CT molecular complexity index is 269. The van der Waals surface area contributed by atoms with Crippen LogP contribution in [0.15, 0.2) is 35.3 Å². The molecular formula is C13H19NO. The molecule has 0 aromatic heterocycles. The zero-order valence-electron chi connectivity index (χ0n) is 9.36. The molecule has 0 bridgehead atoms. The molecule has 0 radical (unpaired) electrons. The Balaban J connectivity index is 2.07. The van der Waals surface area contributed by atoms with Gasteiger partial charge in [-0.3, -0.25) is 4.99 Å². The SMILES string of the molecule is CCCCOCCN=Cc1ccccc1. The molecule has 0 spiro atoms. The summed E-state index contributed by atoms with van der Waals surface area (Å²) in [6.07, 6.45) is 4.22. The van der Waals surface area contributed by atoms with E-state index in [1.807, 2.05) is 36.5 Å². The van der Waals surface area contributed by atoms with Gasteiger partial charge in [0.25, 0.3) is 0 Å². The van der Waals surface area contributed by atoms with Crippen molar-refractivity contribution in [2.75, 3.05) is 19.8 Å². The predicted molar refractivity (Wildman–Crippen MR) is 64.6 cm³/mol. The van der Waals surface area contributed by atoms with Gasteiger partial charge in [0.2, 0.25) is 0 Å². The number of aliphatic imine (C=N–C) groups is 1. The van der Waals surface area contributed by atoms with Gasteiger partial charge in [0.15, 0.2) is 0 Å². The fourth-order valence-electron chi connectivity index (χ4n) is 1.17. The minimum Gasteiger partial charge on any atom is -0.380 e. The number of hydrogen-bond donors (Lipinski definition) is 0. The fraction of sp³-hybridized carbons (Fsp3) is 0.462. The summed E-state index contributed by atoms with van der Waals surface area (Å²) in [7, 11) is 0. The van der Waals surface area contributed by atoms with Crippen molar-refractivity contribution in [1.82, 2.24) is 0 Å². The lowest BCUT2D eigenvalue weighted by Gasteiger charge is -1.99. The molecule has 82 valence electrons. The molecule has 1 aromatic rings. The lowest BCUT2D eigenvalue weighted by atomic mass is 10.2. The monoisotopic (exact) mass is 205 g/mol. The van der Waals surface area contributed by atoms with Crippen LogP contribution in [0.1, 0.15) is 25.3 Å². The first-order chi connectivity index (χ1) is 7.43. The van der Waals surface area contributed by atoms with Gasteiger partial charge in [-0.05, 0) is 12.0 Å². The van der Waals surface area contributed by atoms with E-state index >= 15 is 0 Å². The molecule has 0 saturated carbocycles. The standard InChI is InChI=1S/C13H19NO/c1-2-3-10-15-11-9-14-12-13-7-5-4-6-8-13/h4-8,12H,2-3,9-11H2,1H3. The van der Waals surface area contributed by atoms with Crippen molar-refractivity contribution >= 4 is 6.21 Å². The van der Waals surface area contributed by atoms with Gasteiger partial charge in [-0.15, -0.1) is 0 Å². The van der Waals surface area contributed by atoms with Crippen LogP contribution in [0.3, 0.4) is 0 Å². The molecule has 15 heavy (non-hydrogen) atoms. The summed E-state index contributed by atoms with van der Waals surface area (Å²) in [5.41, 5.74) is 1.14.